The second-order valence-corrected chi connectivity index (χ2v) is 3.54. The summed E-state index contributed by atoms with van der Waals surface area (Å²) in [5.41, 5.74) is 0.760. The summed E-state index contributed by atoms with van der Waals surface area (Å²) in [6, 6.07) is 8.95. The molecule has 1 radical (unpaired) electrons. The van der Waals surface area contributed by atoms with E-state index in [9.17, 15) is 9.59 Å². The van der Waals surface area contributed by atoms with Gasteiger partial charge in [-0.3, -0.25) is 9.59 Å². The quantitative estimate of drug-likeness (QED) is 0.640. The molecule has 0 aliphatic rings. The van der Waals surface area contributed by atoms with Gasteiger partial charge in [-0.1, -0.05) is 13.0 Å². The standard InChI is InChI=1S/C12H13O4.Rh/c1-8(9-5-3-2-4-6-9)10(12(15)16)7-11(13)14;/h2-6,10H,7H2,1H3,(H,13,14)(H,15,16);/q-1;. The van der Waals surface area contributed by atoms with E-state index in [0.717, 1.165) is 5.56 Å². The first-order chi connectivity index (χ1) is 7.52. The van der Waals surface area contributed by atoms with E-state index in [4.69, 9.17) is 10.2 Å². The molecule has 1 aromatic rings. The molecule has 0 bridgehead atoms. The van der Waals surface area contributed by atoms with Crippen LogP contribution in [0.2, 0.25) is 0 Å². The first kappa shape index (κ1) is 15.7. The smallest absolute Gasteiger partial charge is 0.303 e. The summed E-state index contributed by atoms with van der Waals surface area (Å²) >= 11 is 0. The van der Waals surface area contributed by atoms with Gasteiger partial charge in [-0.05, 0) is 0 Å². The van der Waals surface area contributed by atoms with Gasteiger partial charge in [-0.15, -0.1) is 12.1 Å². The van der Waals surface area contributed by atoms with Crippen molar-refractivity contribution in [1.82, 2.24) is 0 Å². The molecule has 0 aliphatic heterocycles. The second kappa shape index (κ2) is 7.07. The molecule has 0 aliphatic carbocycles. The largest absolute Gasteiger partial charge is 0.482 e. The van der Waals surface area contributed by atoms with Gasteiger partial charge in [0, 0.05) is 25.4 Å². The molecule has 95 valence electrons. The molecular weight excluding hydrogens is 311 g/mol. The van der Waals surface area contributed by atoms with Crippen LogP contribution in [0.4, 0.5) is 0 Å². The van der Waals surface area contributed by atoms with E-state index in [2.05, 4.69) is 0 Å². The van der Waals surface area contributed by atoms with E-state index >= 15 is 0 Å². The average Bonchev–Trinajstić information content (AvgIpc) is 2.25. The fourth-order valence-corrected chi connectivity index (χ4v) is 1.50. The molecule has 0 saturated carbocycles. The zero-order valence-electron chi connectivity index (χ0n) is 9.22. The normalized spacial score (nSPS) is 11.1. The Morgan fingerprint density at radius 2 is 1.76 bits per heavy atom. The molecule has 0 spiro atoms. The molecule has 1 unspecified atom stereocenters. The molecule has 0 heterocycles. The van der Waals surface area contributed by atoms with Crippen molar-refractivity contribution in [3.63, 3.8) is 0 Å². The maximum Gasteiger partial charge on any atom is 0.303 e. The molecule has 0 aromatic heterocycles. The number of aliphatic carboxylic acids is 2. The Morgan fingerprint density at radius 1 is 1.24 bits per heavy atom. The molecular formula is C12H13O4Rh-. The Balaban J connectivity index is 0.00000256. The average molecular weight is 324 g/mol. The Labute approximate surface area is 112 Å². The molecule has 0 fully saturated rings. The van der Waals surface area contributed by atoms with Crippen molar-refractivity contribution < 1.29 is 39.3 Å². The van der Waals surface area contributed by atoms with Gasteiger partial charge in [0.1, 0.15) is 0 Å². The minimum Gasteiger partial charge on any atom is -0.482 e. The fourth-order valence-electron chi connectivity index (χ4n) is 1.50. The number of rotatable bonds is 5. The summed E-state index contributed by atoms with van der Waals surface area (Å²) < 4.78 is 0. The topological polar surface area (TPSA) is 74.6 Å². The van der Waals surface area contributed by atoms with Gasteiger partial charge >= 0.3 is 5.97 Å². The van der Waals surface area contributed by atoms with Crippen molar-refractivity contribution >= 4 is 11.9 Å². The monoisotopic (exact) mass is 324 g/mol. The van der Waals surface area contributed by atoms with Gasteiger partial charge in [-0.25, -0.2) is 0 Å². The van der Waals surface area contributed by atoms with Crippen LogP contribution < -0.4 is 0 Å². The molecule has 1 rings (SSSR count). The third kappa shape index (κ3) is 4.57. The summed E-state index contributed by atoms with van der Waals surface area (Å²) in [6.45, 7) is 1.65. The number of carboxylic acids is 2. The van der Waals surface area contributed by atoms with Crippen LogP contribution >= 0.6 is 0 Å². The van der Waals surface area contributed by atoms with E-state index in [1.54, 1.807) is 31.2 Å². The molecule has 1 aromatic carbocycles. The van der Waals surface area contributed by atoms with E-state index in [-0.39, 0.29) is 19.5 Å². The Bertz CT molecular complexity index is 377. The van der Waals surface area contributed by atoms with E-state index in [0.29, 0.717) is 5.92 Å². The Hall–Kier alpha value is -1.35. The zero-order chi connectivity index (χ0) is 12.1. The summed E-state index contributed by atoms with van der Waals surface area (Å²) in [5.74, 6) is -2.62. The van der Waals surface area contributed by atoms with Crippen LogP contribution in [0.1, 0.15) is 18.9 Å². The van der Waals surface area contributed by atoms with Gasteiger partial charge in [-0.2, -0.15) is 23.6 Å². The van der Waals surface area contributed by atoms with Crippen LogP contribution in [-0.4, -0.2) is 22.2 Å². The molecule has 1 atom stereocenters. The second-order valence-electron chi connectivity index (χ2n) is 3.54. The van der Waals surface area contributed by atoms with Crippen LogP contribution in [0.5, 0.6) is 0 Å². The predicted octanol–water partition coefficient (Wildman–Crippen LogP) is 1.80. The molecule has 0 saturated heterocycles. The number of hydrogen-bond donors (Lipinski definition) is 2. The van der Waals surface area contributed by atoms with Crippen LogP contribution in [0, 0.1) is 11.8 Å². The van der Waals surface area contributed by atoms with Crippen molar-refractivity contribution in [2.45, 2.75) is 13.3 Å². The fraction of sp³-hybridized carbons (Fsp3) is 0.250. The third-order valence-corrected chi connectivity index (χ3v) is 2.43. The minimum atomic E-state index is -1.11. The first-order valence-electron chi connectivity index (χ1n) is 4.86. The molecule has 5 heteroatoms. The molecule has 0 amide bonds. The van der Waals surface area contributed by atoms with Gasteiger partial charge in [0.2, 0.25) is 0 Å². The maximum atomic E-state index is 11.0. The zero-order valence-corrected chi connectivity index (χ0v) is 10.9. The van der Waals surface area contributed by atoms with Crippen LogP contribution in [0.15, 0.2) is 30.3 Å². The van der Waals surface area contributed by atoms with E-state index in [1.807, 2.05) is 6.07 Å². The molecule has 2 N–H and O–H groups in total. The van der Waals surface area contributed by atoms with Gasteiger partial charge in [0.05, 0.1) is 6.42 Å². The summed E-state index contributed by atoms with van der Waals surface area (Å²) in [7, 11) is 0. The summed E-state index contributed by atoms with van der Waals surface area (Å²) in [5, 5.41) is 17.6. The molecule has 17 heavy (non-hydrogen) atoms. The van der Waals surface area contributed by atoms with E-state index < -0.39 is 24.3 Å². The van der Waals surface area contributed by atoms with Crippen molar-refractivity contribution in [2.24, 2.45) is 5.92 Å². The first-order valence-corrected chi connectivity index (χ1v) is 4.86. The summed E-state index contributed by atoms with van der Waals surface area (Å²) in [6.07, 6.45) is -0.393. The predicted molar refractivity (Wildman–Crippen MR) is 57.8 cm³/mol. The SMILES string of the molecule is C[C-](c1ccccc1)C(CC(=O)O)C(=O)O.[Rh]. The molecule has 4 nitrogen and oxygen atoms in total. The number of carbonyl (C=O) groups is 2. The van der Waals surface area contributed by atoms with Gasteiger partial charge in [0.15, 0.2) is 0 Å². The van der Waals surface area contributed by atoms with E-state index in [1.165, 1.54) is 0 Å². The van der Waals surface area contributed by atoms with Crippen molar-refractivity contribution in [3.05, 3.63) is 41.8 Å². The number of benzene rings is 1. The van der Waals surface area contributed by atoms with Crippen LogP contribution in [0.3, 0.4) is 0 Å². The van der Waals surface area contributed by atoms with Crippen molar-refractivity contribution in [2.75, 3.05) is 0 Å². The Morgan fingerprint density at radius 3 is 2.18 bits per heavy atom. The Kier molecular flexibility index (Phi) is 6.51. The van der Waals surface area contributed by atoms with Crippen molar-refractivity contribution in [3.8, 4) is 0 Å². The minimum absolute atomic E-state index is 0. The van der Waals surface area contributed by atoms with Gasteiger partial charge in [0.25, 0.3) is 5.97 Å². The summed E-state index contributed by atoms with van der Waals surface area (Å²) in [4.78, 5) is 21.5. The number of hydrogen-bond acceptors (Lipinski definition) is 2. The van der Waals surface area contributed by atoms with Gasteiger partial charge < -0.3 is 10.2 Å². The maximum absolute atomic E-state index is 11.0. The number of carboxylic acid groups (broad SMARTS) is 2. The van der Waals surface area contributed by atoms with Crippen LogP contribution in [-0.2, 0) is 29.1 Å². The van der Waals surface area contributed by atoms with Crippen LogP contribution in [0.25, 0.3) is 0 Å². The third-order valence-electron chi connectivity index (χ3n) is 2.43. The van der Waals surface area contributed by atoms with Crippen molar-refractivity contribution in [1.29, 1.82) is 0 Å².